The summed E-state index contributed by atoms with van der Waals surface area (Å²) in [6, 6.07) is 26.2. The summed E-state index contributed by atoms with van der Waals surface area (Å²) in [6.45, 7) is 0. The number of imidazole rings is 1. The van der Waals surface area contributed by atoms with Crippen LogP contribution in [0.3, 0.4) is 0 Å². The molecule has 0 saturated heterocycles. The molecule has 4 aromatic heterocycles. The molecule has 0 saturated carbocycles. The third kappa shape index (κ3) is 2.11. The molecular formula is C31H18N4. The van der Waals surface area contributed by atoms with E-state index in [2.05, 4.69) is 65.1 Å². The van der Waals surface area contributed by atoms with Crippen molar-refractivity contribution >= 4 is 38.6 Å². The molecule has 4 heteroatoms. The van der Waals surface area contributed by atoms with E-state index in [0.717, 1.165) is 51.5 Å². The van der Waals surface area contributed by atoms with Crippen molar-refractivity contribution in [3.63, 3.8) is 0 Å². The van der Waals surface area contributed by atoms with Crippen LogP contribution in [0.2, 0.25) is 0 Å². The van der Waals surface area contributed by atoms with Gasteiger partial charge in [-0.25, -0.2) is 9.97 Å². The molecule has 0 atom stereocenters. The number of benzene rings is 3. The van der Waals surface area contributed by atoms with Crippen LogP contribution in [0, 0.1) is 0 Å². The van der Waals surface area contributed by atoms with Gasteiger partial charge in [0, 0.05) is 29.6 Å². The standard InChI is InChI=1S/C31H18N4/c1-2-6-19-17(5-1)15-18-9-10-20-21-11-12-26-29(25(21)16-24(20)27(18)19)35-30-23(8-4-14-33-30)22-7-3-13-32-28(22)31(35)34-26/h1-14H,15-16H2. The van der Waals surface area contributed by atoms with Crippen LogP contribution < -0.4 is 0 Å². The van der Waals surface area contributed by atoms with Crippen molar-refractivity contribution in [2.24, 2.45) is 0 Å². The molecule has 0 radical (unpaired) electrons. The molecule has 162 valence electrons. The van der Waals surface area contributed by atoms with Gasteiger partial charge in [-0.15, -0.1) is 0 Å². The lowest BCUT2D eigenvalue weighted by molar-refractivity contribution is 1.19. The van der Waals surface area contributed by atoms with Crippen molar-refractivity contribution in [3.8, 4) is 22.3 Å². The van der Waals surface area contributed by atoms with Gasteiger partial charge in [-0.2, -0.15) is 0 Å². The number of aromatic nitrogens is 4. The van der Waals surface area contributed by atoms with Crippen LogP contribution >= 0.6 is 0 Å². The highest BCUT2D eigenvalue weighted by molar-refractivity contribution is 6.12. The van der Waals surface area contributed by atoms with E-state index in [1.807, 2.05) is 24.5 Å². The van der Waals surface area contributed by atoms with Crippen molar-refractivity contribution in [1.29, 1.82) is 0 Å². The predicted octanol–water partition coefficient (Wildman–Crippen LogP) is 6.73. The highest BCUT2D eigenvalue weighted by Gasteiger charge is 2.30. The highest BCUT2D eigenvalue weighted by Crippen LogP contribution is 2.49. The second-order valence-corrected chi connectivity index (χ2v) is 9.64. The average molecular weight is 447 g/mol. The number of rotatable bonds is 0. The molecule has 0 N–H and O–H groups in total. The lowest BCUT2D eigenvalue weighted by Gasteiger charge is -2.09. The first kappa shape index (κ1) is 17.8. The summed E-state index contributed by atoms with van der Waals surface area (Å²) in [4.78, 5) is 14.7. The number of pyridine rings is 3. The summed E-state index contributed by atoms with van der Waals surface area (Å²) in [5.41, 5.74) is 16.0. The number of fused-ring (bicyclic) bond motifs is 16. The first-order valence-corrected chi connectivity index (χ1v) is 12.1. The van der Waals surface area contributed by atoms with Crippen LogP contribution in [0.15, 0.2) is 85.2 Å². The Bertz CT molecular complexity index is 2070. The van der Waals surface area contributed by atoms with Gasteiger partial charge >= 0.3 is 0 Å². The van der Waals surface area contributed by atoms with Crippen molar-refractivity contribution in [2.75, 3.05) is 0 Å². The van der Waals surface area contributed by atoms with Gasteiger partial charge in [-0.1, -0.05) is 48.5 Å². The lowest BCUT2D eigenvalue weighted by Crippen LogP contribution is -1.97. The normalized spacial score (nSPS) is 13.5. The van der Waals surface area contributed by atoms with Crippen molar-refractivity contribution in [2.45, 2.75) is 12.8 Å². The maximum absolute atomic E-state index is 5.10. The largest absolute Gasteiger partial charge is 0.274 e. The van der Waals surface area contributed by atoms with Crippen LogP contribution in [0.1, 0.15) is 22.3 Å². The van der Waals surface area contributed by atoms with Gasteiger partial charge in [0.05, 0.1) is 11.0 Å². The molecule has 7 aromatic rings. The molecule has 0 amide bonds. The molecule has 2 aliphatic rings. The van der Waals surface area contributed by atoms with Crippen LogP contribution in [-0.4, -0.2) is 19.4 Å². The van der Waals surface area contributed by atoms with E-state index in [1.54, 1.807) is 0 Å². The Balaban J connectivity index is 1.42. The first-order chi connectivity index (χ1) is 17.4. The van der Waals surface area contributed by atoms with E-state index in [-0.39, 0.29) is 0 Å². The number of nitrogens with zero attached hydrogens (tertiary/aromatic N) is 4. The summed E-state index contributed by atoms with van der Waals surface area (Å²) in [6.07, 6.45) is 5.65. The minimum absolute atomic E-state index is 0.877. The Hall–Kier alpha value is -4.57. The SMILES string of the molecule is c1ccc2c(c1)Cc1ccc3c(c1-2)Cc1c-3ccc2nc3c4ncccc4c4cccnc4n3c12. The quantitative estimate of drug-likeness (QED) is 0.243. The maximum Gasteiger partial charge on any atom is 0.166 e. The Kier molecular flexibility index (Phi) is 3.11. The molecule has 2 aliphatic carbocycles. The van der Waals surface area contributed by atoms with Gasteiger partial charge in [0.25, 0.3) is 0 Å². The van der Waals surface area contributed by atoms with E-state index < -0.39 is 0 Å². The fraction of sp³-hybridized carbons (Fsp3) is 0.0645. The lowest BCUT2D eigenvalue weighted by atomic mass is 9.95. The van der Waals surface area contributed by atoms with Gasteiger partial charge in [-0.3, -0.25) is 9.38 Å². The smallest absolute Gasteiger partial charge is 0.166 e. The number of hydrogen-bond donors (Lipinski definition) is 0. The van der Waals surface area contributed by atoms with Gasteiger partial charge in [-0.05, 0) is 75.2 Å². The van der Waals surface area contributed by atoms with Gasteiger partial charge in [0.1, 0.15) is 11.2 Å². The maximum atomic E-state index is 5.10. The average Bonchev–Trinajstić information content (AvgIpc) is 3.59. The topological polar surface area (TPSA) is 43.1 Å². The third-order valence-corrected chi connectivity index (χ3v) is 7.94. The van der Waals surface area contributed by atoms with Crippen LogP contribution in [0.4, 0.5) is 0 Å². The molecule has 0 unspecified atom stereocenters. The Labute approximate surface area is 200 Å². The molecule has 4 heterocycles. The summed E-state index contributed by atoms with van der Waals surface area (Å²) >= 11 is 0. The molecule has 0 aliphatic heterocycles. The zero-order valence-corrected chi connectivity index (χ0v) is 18.8. The van der Waals surface area contributed by atoms with E-state index in [9.17, 15) is 0 Å². The summed E-state index contributed by atoms with van der Waals surface area (Å²) in [7, 11) is 0. The molecule has 4 nitrogen and oxygen atoms in total. The zero-order chi connectivity index (χ0) is 22.7. The minimum Gasteiger partial charge on any atom is -0.274 e. The Morgan fingerprint density at radius 2 is 1.43 bits per heavy atom. The van der Waals surface area contributed by atoms with E-state index in [4.69, 9.17) is 15.0 Å². The van der Waals surface area contributed by atoms with E-state index in [0.29, 0.717) is 0 Å². The Morgan fingerprint density at radius 3 is 2.40 bits per heavy atom. The van der Waals surface area contributed by atoms with Crippen molar-refractivity contribution < 1.29 is 0 Å². The second kappa shape index (κ2) is 6.10. The first-order valence-electron chi connectivity index (χ1n) is 12.1. The molecule has 35 heavy (non-hydrogen) atoms. The van der Waals surface area contributed by atoms with Gasteiger partial charge in [0.15, 0.2) is 5.65 Å². The summed E-state index contributed by atoms with van der Waals surface area (Å²) in [5, 5.41) is 2.19. The molecule has 0 fully saturated rings. The predicted molar refractivity (Wildman–Crippen MR) is 140 cm³/mol. The fourth-order valence-corrected chi connectivity index (χ4v) is 6.53. The zero-order valence-electron chi connectivity index (χ0n) is 18.8. The Morgan fingerprint density at radius 1 is 0.600 bits per heavy atom. The van der Waals surface area contributed by atoms with E-state index in [1.165, 1.54) is 44.5 Å². The highest BCUT2D eigenvalue weighted by atomic mass is 15.1. The van der Waals surface area contributed by atoms with Gasteiger partial charge < -0.3 is 0 Å². The minimum atomic E-state index is 0.877. The molecule has 0 bridgehead atoms. The summed E-state index contributed by atoms with van der Waals surface area (Å²) in [5.74, 6) is 0. The van der Waals surface area contributed by atoms with E-state index >= 15 is 0 Å². The summed E-state index contributed by atoms with van der Waals surface area (Å²) < 4.78 is 2.25. The molecule has 0 spiro atoms. The van der Waals surface area contributed by atoms with Crippen molar-refractivity contribution in [1.82, 2.24) is 19.4 Å². The third-order valence-electron chi connectivity index (χ3n) is 7.94. The van der Waals surface area contributed by atoms with Gasteiger partial charge in [0.2, 0.25) is 0 Å². The molecular weight excluding hydrogens is 428 g/mol. The second-order valence-electron chi connectivity index (χ2n) is 9.64. The monoisotopic (exact) mass is 446 g/mol. The number of hydrogen-bond acceptors (Lipinski definition) is 3. The van der Waals surface area contributed by atoms with Crippen LogP contribution in [0.25, 0.3) is 60.9 Å². The van der Waals surface area contributed by atoms with Crippen LogP contribution in [-0.2, 0) is 12.8 Å². The van der Waals surface area contributed by atoms with Crippen molar-refractivity contribution in [3.05, 3.63) is 107 Å². The molecule has 3 aromatic carbocycles. The van der Waals surface area contributed by atoms with Crippen LogP contribution in [0.5, 0.6) is 0 Å². The fourth-order valence-electron chi connectivity index (χ4n) is 6.53. The molecule has 9 rings (SSSR count).